The molecule has 1 aliphatic carbocycles. The van der Waals surface area contributed by atoms with Crippen LogP contribution in [0.3, 0.4) is 0 Å². The fraction of sp³-hybridized carbons (Fsp3) is 1.00. The van der Waals surface area contributed by atoms with Crippen molar-refractivity contribution in [3.63, 3.8) is 0 Å². The van der Waals surface area contributed by atoms with Gasteiger partial charge in [0.1, 0.15) is 0 Å². The summed E-state index contributed by atoms with van der Waals surface area (Å²) in [6.07, 6.45) is 5.69. The van der Waals surface area contributed by atoms with Crippen molar-refractivity contribution in [1.82, 2.24) is 5.32 Å². The zero-order valence-corrected chi connectivity index (χ0v) is 8.91. The Morgan fingerprint density at radius 2 is 2.17 bits per heavy atom. The summed E-state index contributed by atoms with van der Waals surface area (Å²) in [5.41, 5.74) is 0. The highest BCUT2D eigenvalue weighted by molar-refractivity contribution is 8.01. The molecule has 1 heterocycles. The summed E-state index contributed by atoms with van der Waals surface area (Å²) >= 11 is 2.15. The third-order valence-electron chi connectivity index (χ3n) is 2.89. The first-order valence-corrected chi connectivity index (χ1v) is 5.99. The van der Waals surface area contributed by atoms with Gasteiger partial charge in [-0.15, -0.1) is 11.8 Å². The Kier molecular flexibility index (Phi) is 2.39. The van der Waals surface area contributed by atoms with Crippen molar-refractivity contribution in [1.29, 1.82) is 0 Å². The first-order valence-electron chi connectivity index (χ1n) is 5.11. The third kappa shape index (κ3) is 2.17. The molecule has 2 unspecified atom stereocenters. The normalized spacial score (nSPS) is 43.0. The number of thioether (sulfide) groups is 1. The lowest BCUT2D eigenvalue weighted by Gasteiger charge is -2.37. The zero-order valence-electron chi connectivity index (χ0n) is 8.10. The molecule has 0 aromatic heterocycles. The van der Waals surface area contributed by atoms with E-state index in [-0.39, 0.29) is 0 Å². The van der Waals surface area contributed by atoms with Gasteiger partial charge in [0, 0.05) is 5.25 Å². The standard InChI is InChI=1S/C10H19NS/c1-8-5-6-11-10(2,12-8)7-9-3-4-9/h8-9,11H,3-7H2,1-2H3. The van der Waals surface area contributed by atoms with E-state index in [1.807, 2.05) is 0 Å². The van der Waals surface area contributed by atoms with Crippen LogP contribution in [0, 0.1) is 5.92 Å². The second kappa shape index (κ2) is 3.22. The van der Waals surface area contributed by atoms with Crippen LogP contribution in [0.5, 0.6) is 0 Å². The zero-order chi connectivity index (χ0) is 8.60. The lowest BCUT2D eigenvalue weighted by Crippen LogP contribution is -2.45. The molecule has 0 amide bonds. The number of nitrogens with one attached hydrogen (secondary N) is 1. The van der Waals surface area contributed by atoms with Crippen molar-refractivity contribution in [2.45, 2.75) is 49.7 Å². The van der Waals surface area contributed by atoms with E-state index < -0.39 is 0 Å². The largest absolute Gasteiger partial charge is 0.303 e. The summed E-state index contributed by atoms with van der Waals surface area (Å²) in [6, 6.07) is 0. The summed E-state index contributed by atoms with van der Waals surface area (Å²) in [4.78, 5) is 0.402. The van der Waals surface area contributed by atoms with Crippen LogP contribution in [-0.4, -0.2) is 16.7 Å². The van der Waals surface area contributed by atoms with E-state index in [4.69, 9.17) is 0 Å². The third-order valence-corrected chi connectivity index (χ3v) is 4.36. The van der Waals surface area contributed by atoms with Gasteiger partial charge in [0.05, 0.1) is 4.87 Å². The van der Waals surface area contributed by atoms with Crippen LogP contribution in [-0.2, 0) is 0 Å². The second-order valence-electron chi connectivity index (χ2n) is 4.52. The molecule has 0 aromatic rings. The van der Waals surface area contributed by atoms with Crippen LogP contribution < -0.4 is 5.32 Å². The van der Waals surface area contributed by atoms with Gasteiger partial charge in [0.2, 0.25) is 0 Å². The average Bonchev–Trinajstić information content (AvgIpc) is 2.69. The molecule has 0 spiro atoms. The van der Waals surface area contributed by atoms with E-state index in [1.54, 1.807) is 0 Å². The van der Waals surface area contributed by atoms with E-state index in [2.05, 4.69) is 30.9 Å². The van der Waals surface area contributed by atoms with Crippen LogP contribution in [0.1, 0.15) is 39.5 Å². The molecular formula is C10H19NS. The molecule has 70 valence electrons. The summed E-state index contributed by atoms with van der Waals surface area (Å²) in [5, 5.41) is 4.52. The number of hydrogen-bond donors (Lipinski definition) is 1. The van der Waals surface area contributed by atoms with E-state index in [1.165, 1.54) is 32.2 Å². The minimum absolute atomic E-state index is 0.402. The van der Waals surface area contributed by atoms with Gasteiger partial charge >= 0.3 is 0 Å². The SMILES string of the molecule is CC1CCNC(C)(CC2CC2)S1. The Labute approximate surface area is 79.7 Å². The topological polar surface area (TPSA) is 12.0 Å². The monoisotopic (exact) mass is 185 g/mol. The molecule has 0 radical (unpaired) electrons. The van der Waals surface area contributed by atoms with Crippen molar-refractivity contribution < 1.29 is 0 Å². The molecule has 1 nitrogen and oxygen atoms in total. The Morgan fingerprint density at radius 1 is 1.42 bits per heavy atom. The van der Waals surface area contributed by atoms with Crippen LogP contribution in [0.4, 0.5) is 0 Å². The Balaban J connectivity index is 1.88. The molecule has 12 heavy (non-hydrogen) atoms. The second-order valence-corrected chi connectivity index (χ2v) is 6.46. The van der Waals surface area contributed by atoms with Crippen molar-refractivity contribution >= 4 is 11.8 Å². The van der Waals surface area contributed by atoms with Crippen molar-refractivity contribution in [3.05, 3.63) is 0 Å². The van der Waals surface area contributed by atoms with Gasteiger partial charge < -0.3 is 5.32 Å². The van der Waals surface area contributed by atoms with E-state index in [0.29, 0.717) is 4.87 Å². The lowest BCUT2D eigenvalue weighted by atomic mass is 10.1. The molecule has 2 atom stereocenters. The quantitative estimate of drug-likeness (QED) is 0.710. The molecule has 2 heteroatoms. The van der Waals surface area contributed by atoms with E-state index in [0.717, 1.165) is 11.2 Å². The van der Waals surface area contributed by atoms with Gasteiger partial charge in [-0.2, -0.15) is 0 Å². The predicted octanol–water partition coefficient (Wildman–Crippen LogP) is 2.62. The molecular weight excluding hydrogens is 166 g/mol. The van der Waals surface area contributed by atoms with Crippen LogP contribution in [0.25, 0.3) is 0 Å². The van der Waals surface area contributed by atoms with Crippen LogP contribution >= 0.6 is 11.8 Å². The molecule has 2 rings (SSSR count). The first-order chi connectivity index (χ1) is 5.68. The average molecular weight is 185 g/mol. The molecule has 1 aliphatic heterocycles. The first kappa shape index (κ1) is 8.89. The highest BCUT2D eigenvalue weighted by atomic mass is 32.2. The molecule has 2 fully saturated rings. The van der Waals surface area contributed by atoms with Crippen LogP contribution in [0.15, 0.2) is 0 Å². The van der Waals surface area contributed by atoms with Gasteiger partial charge in [0.25, 0.3) is 0 Å². The van der Waals surface area contributed by atoms with E-state index >= 15 is 0 Å². The van der Waals surface area contributed by atoms with Crippen LogP contribution in [0.2, 0.25) is 0 Å². The van der Waals surface area contributed by atoms with Gasteiger partial charge in [-0.1, -0.05) is 19.8 Å². The maximum atomic E-state index is 3.66. The fourth-order valence-electron chi connectivity index (χ4n) is 2.08. The summed E-state index contributed by atoms with van der Waals surface area (Å²) in [6.45, 7) is 5.96. The number of hydrogen-bond acceptors (Lipinski definition) is 2. The van der Waals surface area contributed by atoms with Crippen molar-refractivity contribution in [2.24, 2.45) is 5.92 Å². The summed E-state index contributed by atoms with van der Waals surface area (Å²) < 4.78 is 0. The molecule has 0 aromatic carbocycles. The lowest BCUT2D eigenvalue weighted by molar-refractivity contribution is 0.423. The van der Waals surface area contributed by atoms with Gasteiger partial charge in [-0.25, -0.2) is 0 Å². The smallest absolute Gasteiger partial charge is 0.0622 e. The van der Waals surface area contributed by atoms with Gasteiger partial charge in [-0.3, -0.25) is 0 Å². The molecule has 1 N–H and O–H groups in total. The molecule has 1 saturated carbocycles. The predicted molar refractivity (Wildman–Crippen MR) is 55.4 cm³/mol. The summed E-state index contributed by atoms with van der Waals surface area (Å²) in [7, 11) is 0. The fourth-order valence-corrected chi connectivity index (χ4v) is 3.72. The summed E-state index contributed by atoms with van der Waals surface area (Å²) in [5.74, 6) is 1.04. The highest BCUT2D eigenvalue weighted by Gasteiger charge is 2.36. The molecule has 1 saturated heterocycles. The highest BCUT2D eigenvalue weighted by Crippen LogP contribution is 2.43. The van der Waals surface area contributed by atoms with Gasteiger partial charge in [-0.05, 0) is 32.2 Å². The minimum atomic E-state index is 0.402. The van der Waals surface area contributed by atoms with Crippen molar-refractivity contribution in [3.8, 4) is 0 Å². The molecule has 2 aliphatic rings. The Hall–Kier alpha value is 0.310. The minimum Gasteiger partial charge on any atom is -0.303 e. The Morgan fingerprint density at radius 3 is 2.75 bits per heavy atom. The molecule has 0 bridgehead atoms. The van der Waals surface area contributed by atoms with Crippen molar-refractivity contribution in [2.75, 3.05) is 6.54 Å². The van der Waals surface area contributed by atoms with E-state index in [9.17, 15) is 0 Å². The van der Waals surface area contributed by atoms with Gasteiger partial charge in [0.15, 0.2) is 0 Å². The maximum Gasteiger partial charge on any atom is 0.0622 e. The maximum absolute atomic E-state index is 3.66. The number of rotatable bonds is 2. The Bertz CT molecular complexity index is 163.